The summed E-state index contributed by atoms with van der Waals surface area (Å²) in [6, 6.07) is 3.13. The highest BCUT2D eigenvalue weighted by Crippen LogP contribution is 2.30. The van der Waals surface area contributed by atoms with Crippen LogP contribution in [0.4, 0.5) is 15.8 Å². The number of nitrogens with zero attached hydrogens (tertiary/aromatic N) is 2. The minimum Gasteiger partial charge on any atom is -0.397 e. The molecule has 5 heteroatoms. The molecule has 0 spiro atoms. The van der Waals surface area contributed by atoms with Gasteiger partial charge in [-0.15, -0.1) is 0 Å². The van der Waals surface area contributed by atoms with Crippen LogP contribution in [0.3, 0.4) is 0 Å². The highest BCUT2D eigenvalue weighted by atomic mass is 79.9. The Morgan fingerprint density at radius 3 is 2.50 bits per heavy atom. The minimum atomic E-state index is -0.310. The van der Waals surface area contributed by atoms with E-state index in [1.54, 1.807) is 6.07 Å². The van der Waals surface area contributed by atoms with Gasteiger partial charge in [-0.1, -0.05) is 0 Å². The fourth-order valence-electron chi connectivity index (χ4n) is 1.87. The van der Waals surface area contributed by atoms with Gasteiger partial charge in [0.15, 0.2) is 0 Å². The van der Waals surface area contributed by atoms with Gasteiger partial charge in [0.1, 0.15) is 5.82 Å². The Bertz CT molecular complexity index is 389. The maximum absolute atomic E-state index is 13.2. The number of hydrogen-bond donors (Lipinski definition) is 1. The molecule has 1 heterocycles. The molecule has 1 saturated heterocycles. The molecule has 1 aromatic carbocycles. The minimum absolute atomic E-state index is 0.310. The summed E-state index contributed by atoms with van der Waals surface area (Å²) in [6.45, 7) is 3.88. The van der Waals surface area contributed by atoms with Crippen LogP contribution in [0.1, 0.15) is 0 Å². The smallest absolute Gasteiger partial charge is 0.139 e. The number of benzene rings is 1. The zero-order valence-electron chi connectivity index (χ0n) is 9.21. The highest BCUT2D eigenvalue weighted by Gasteiger charge is 2.17. The van der Waals surface area contributed by atoms with Crippen molar-refractivity contribution in [3.05, 3.63) is 22.4 Å². The van der Waals surface area contributed by atoms with E-state index in [-0.39, 0.29) is 5.82 Å². The van der Waals surface area contributed by atoms with Crippen LogP contribution in [0.5, 0.6) is 0 Å². The second-order valence-corrected chi connectivity index (χ2v) is 4.97. The predicted octanol–water partition coefficient (Wildman–Crippen LogP) is 1.92. The molecule has 1 aromatic rings. The van der Waals surface area contributed by atoms with Gasteiger partial charge in [0.05, 0.1) is 15.8 Å². The van der Waals surface area contributed by atoms with E-state index in [1.165, 1.54) is 6.07 Å². The lowest BCUT2D eigenvalue weighted by atomic mass is 10.2. The summed E-state index contributed by atoms with van der Waals surface area (Å²) in [6.07, 6.45) is 0. The van der Waals surface area contributed by atoms with Crippen molar-refractivity contribution in [3.63, 3.8) is 0 Å². The fourth-order valence-corrected chi connectivity index (χ4v) is 2.20. The summed E-state index contributed by atoms with van der Waals surface area (Å²) in [4.78, 5) is 4.46. The lowest BCUT2D eigenvalue weighted by molar-refractivity contribution is 0.313. The molecule has 0 unspecified atom stereocenters. The highest BCUT2D eigenvalue weighted by molar-refractivity contribution is 9.10. The van der Waals surface area contributed by atoms with E-state index < -0.39 is 0 Å². The Morgan fingerprint density at radius 2 is 1.88 bits per heavy atom. The monoisotopic (exact) mass is 287 g/mol. The average Bonchev–Trinajstić information content (AvgIpc) is 2.25. The molecular formula is C11H15BrFN3. The van der Waals surface area contributed by atoms with E-state index in [9.17, 15) is 4.39 Å². The average molecular weight is 288 g/mol. The van der Waals surface area contributed by atoms with Crippen molar-refractivity contribution < 1.29 is 4.39 Å². The molecule has 1 aliphatic heterocycles. The van der Waals surface area contributed by atoms with Crippen LogP contribution in [-0.4, -0.2) is 38.1 Å². The summed E-state index contributed by atoms with van der Waals surface area (Å²) < 4.78 is 13.7. The Kier molecular flexibility index (Phi) is 3.35. The molecule has 0 bridgehead atoms. The zero-order valence-corrected chi connectivity index (χ0v) is 10.8. The first-order valence-corrected chi connectivity index (χ1v) is 6.05. The fraction of sp³-hybridized carbons (Fsp3) is 0.455. The van der Waals surface area contributed by atoms with Gasteiger partial charge in [-0.25, -0.2) is 4.39 Å². The van der Waals surface area contributed by atoms with Gasteiger partial charge in [-0.3, -0.25) is 0 Å². The maximum Gasteiger partial charge on any atom is 0.139 e. The van der Waals surface area contributed by atoms with E-state index in [0.717, 1.165) is 31.9 Å². The quantitative estimate of drug-likeness (QED) is 0.801. The van der Waals surface area contributed by atoms with E-state index in [1.807, 2.05) is 0 Å². The Labute approximate surface area is 103 Å². The molecule has 0 aromatic heterocycles. The van der Waals surface area contributed by atoms with Crippen molar-refractivity contribution in [1.82, 2.24) is 4.90 Å². The first kappa shape index (κ1) is 11.7. The Hall–Kier alpha value is -0.810. The molecule has 0 aliphatic carbocycles. The number of nitrogens with two attached hydrogens (primary N) is 1. The Balaban J connectivity index is 2.23. The topological polar surface area (TPSA) is 32.5 Å². The molecule has 88 valence electrons. The van der Waals surface area contributed by atoms with E-state index in [2.05, 4.69) is 32.8 Å². The van der Waals surface area contributed by atoms with E-state index in [0.29, 0.717) is 10.2 Å². The summed E-state index contributed by atoms with van der Waals surface area (Å²) in [5.41, 5.74) is 7.26. The third-order valence-corrected chi connectivity index (χ3v) is 3.52. The summed E-state index contributed by atoms with van der Waals surface area (Å²) in [5, 5.41) is 0. The van der Waals surface area contributed by atoms with Crippen molar-refractivity contribution in [1.29, 1.82) is 0 Å². The summed E-state index contributed by atoms with van der Waals surface area (Å²) >= 11 is 3.19. The van der Waals surface area contributed by atoms with Crippen LogP contribution < -0.4 is 10.6 Å². The van der Waals surface area contributed by atoms with E-state index >= 15 is 0 Å². The van der Waals surface area contributed by atoms with Gasteiger partial charge in [0, 0.05) is 32.2 Å². The molecule has 16 heavy (non-hydrogen) atoms. The number of hydrogen-bond acceptors (Lipinski definition) is 3. The molecule has 2 rings (SSSR count). The molecule has 0 atom stereocenters. The number of likely N-dealkylation sites (N-methyl/N-ethyl adjacent to an activating group) is 1. The van der Waals surface area contributed by atoms with Crippen molar-refractivity contribution >= 4 is 27.3 Å². The second-order valence-electron chi connectivity index (χ2n) is 4.12. The van der Waals surface area contributed by atoms with Crippen LogP contribution in [0.2, 0.25) is 0 Å². The summed E-state index contributed by atoms with van der Waals surface area (Å²) in [7, 11) is 2.10. The van der Waals surface area contributed by atoms with Crippen molar-refractivity contribution in [3.8, 4) is 0 Å². The molecule has 1 aliphatic rings. The van der Waals surface area contributed by atoms with Gasteiger partial charge < -0.3 is 15.5 Å². The van der Waals surface area contributed by atoms with Gasteiger partial charge in [-0.2, -0.15) is 0 Å². The lowest BCUT2D eigenvalue weighted by Gasteiger charge is -2.34. The SMILES string of the molecule is CN1CCN(c2cc(Br)c(F)cc2N)CC1. The third kappa shape index (κ3) is 2.30. The third-order valence-electron chi connectivity index (χ3n) is 2.91. The van der Waals surface area contributed by atoms with Gasteiger partial charge in [0.25, 0.3) is 0 Å². The van der Waals surface area contributed by atoms with Crippen LogP contribution >= 0.6 is 15.9 Å². The van der Waals surface area contributed by atoms with Gasteiger partial charge >= 0.3 is 0 Å². The lowest BCUT2D eigenvalue weighted by Crippen LogP contribution is -2.44. The molecule has 2 N–H and O–H groups in total. The van der Waals surface area contributed by atoms with Gasteiger partial charge in [-0.05, 0) is 29.0 Å². The first-order valence-electron chi connectivity index (χ1n) is 5.26. The largest absolute Gasteiger partial charge is 0.397 e. The van der Waals surface area contributed by atoms with Crippen LogP contribution in [0, 0.1) is 5.82 Å². The number of anilines is 2. The number of nitrogen functional groups attached to an aromatic ring is 1. The second kappa shape index (κ2) is 4.59. The molecular weight excluding hydrogens is 273 g/mol. The zero-order chi connectivity index (χ0) is 11.7. The predicted molar refractivity (Wildman–Crippen MR) is 68.2 cm³/mol. The van der Waals surface area contributed by atoms with Crippen LogP contribution in [0.25, 0.3) is 0 Å². The standard InChI is InChI=1S/C11H15BrFN3/c1-15-2-4-16(5-3-15)11-6-8(12)9(13)7-10(11)14/h6-7H,2-5,14H2,1H3. The van der Waals surface area contributed by atoms with Crippen LogP contribution in [0.15, 0.2) is 16.6 Å². The normalized spacial score (nSPS) is 17.8. The Morgan fingerprint density at radius 1 is 1.25 bits per heavy atom. The molecule has 0 radical (unpaired) electrons. The molecule has 3 nitrogen and oxygen atoms in total. The maximum atomic E-state index is 13.2. The van der Waals surface area contributed by atoms with E-state index in [4.69, 9.17) is 5.73 Å². The number of piperazine rings is 1. The van der Waals surface area contributed by atoms with Crippen molar-refractivity contribution in [2.45, 2.75) is 0 Å². The first-order chi connectivity index (χ1) is 7.58. The van der Waals surface area contributed by atoms with Crippen molar-refractivity contribution in [2.24, 2.45) is 0 Å². The molecule has 0 amide bonds. The molecule has 1 fully saturated rings. The number of rotatable bonds is 1. The molecule has 0 saturated carbocycles. The van der Waals surface area contributed by atoms with Crippen LogP contribution in [-0.2, 0) is 0 Å². The van der Waals surface area contributed by atoms with Gasteiger partial charge in [0.2, 0.25) is 0 Å². The van der Waals surface area contributed by atoms with Crippen molar-refractivity contribution in [2.75, 3.05) is 43.9 Å². The summed E-state index contributed by atoms with van der Waals surface area (Å²) in [5.74, 6) is -0.310. The number of halogens is 2.